The molecule has 3 N–H and O–H groups in total. The lowest BCUT2D eigenvalue weighted by Crippen LogP contribution is -2.05. The summed E-state index contributed by atoms with van der Waals surface area (Å²) >= 11 is 0. The first-order valence-corrected chi connectivity index (χ1v) is 5.69. The second-order valence-corrected chi connectivity index (χ2v) is 4.09. The molecule has 0 amide bonds. The Kier molecular flexibility index (Phi) is 3.79. The highest BCUT2D eigenvalue weighted by atomic mass is 19.1. The summed E-state index contributed by atoms with van der Waals surface area (Å²) in [5.41, 5.74) is 6.01. The predicted octanol–water partition coefficient (Wildman–Crippen LogP) is 3.07. The van der Waals surface area contributed by atoms with Gasteiger partial charge in [-0.1, -0.05) is 18.2 Å². The van der Waals surface area contributed by atoms with Crippen LogP contribution in [0.3, 0.4) is 0 Å². The van der Waals surface area contributed by atoms with Gasteiger partial charge in [0.25, 0.3) is 0 Å². The summed E-state index contributed by atoms with van der Waals surface area (Å²) in [4.78, 5) is 9.70. The van der Waals surface area contributed by atoms with Gasteiger partial charge >= 0.3 is 5.69 Å². The highest BCUT2D eigenvalue weighted by Gasteiger charge is 2.18. The van der Waals surface area contributed by atoms with Crippen molar-refractivity contribution in [1.82, 2.24) is 0 Å². The second-order valence-electron chi connectivity index (χ2n) is 4.09. The number of nitro benzene ring substituents is 1. The number of nitrogens with zero attached hydrogens (tertiary/aromatic N) is 1. The number of nitro groups is 1. The molecular weight excluding hydrogens is 268 g/mol. The molecule has 0 saturated heterocycles. The van der Waals surface area contributed by atoms with Crippen LogP contribution in [0.15, 0.2) is 36.4 Å². The molecule has 0 unspecified atom stereocenters. The van der Waals surface area contributed by atoms with Crippen LogP contribution in [0.2, 0.25) is 0 Å². The van der Waals surface area contributed by atoms with E-state index >= 15 is 0 Å². The monoisotopic (exact) mass is 279 g/mol. The van der Waals surface area contributed by atoms with Crippen molar-refractivity contribution >= 4 is 17.1 Å². The fourth-order valence-electron chi connectivity index (χ4n) is 1.70. The lowest BCUT2D eigenvalue weighted by atomic mass is 10.1. The maximum Gasteiger partial charge on any atom is 0.307 e. The van der Waals surface area contributed by atoms with Crippen LogP contribution in [-0.4, -0.2) is 4.92 Å². The van der Waals surface area contributed by atoms with Crippen molar-refractivity contribution in [3.8, 4) is 0 Å². The topological polar surface area (TPSA) is 81.2 Å². The molecule has 0 saturated carbocycles. The first-order chi connectivity index (χ1) is 9.49. The van der Waals surface area contributed by atoms with Gasteiger partial charge in [-0.3, -0.25) is 10.1 Å². The van der Waals surface area contributed by atoms with Crippen molar-refractivity contribution in [3.63, 3.8) is 0 Å². The van der Waals surface area contributed by atoms with Crippen LogP contribution in [0.5, 0.6) is 0 Å². The van der Waals surface area contributed by atoms with Gasteiger partial charge in [0.05, 0.1) is 10.6 Å². The minimum Gasteiger partial charge on any atom is -0.398 e. The molecule has 5 nitrogen and oxygen atoms in total. The average molecular weight is 279 g/mol. The average Bonchev–Trinajstić information content (AvgIpc) is 2.39. The number of nitrogens with two attached hydrogens (primary N) is 1. The van der Waals surface area contributed by atoms with Crippen LogP contribution in [0.1, 0.15) is 5.56 Å². The molecule has 0 aliphatic rings. The number of halogens is 2. The van der Waals surface area contributed by atoms with Crippen LogP contribution in [-0.2, 0) is 6.54 Å². The van der Waals surface area contributed by atoms with Crippen molar-refractivity contribution in [1.29, 1.82) is 0 Å². The fraction of sp³-hybridized carbons (Fsp3) is 0.0769. The summed E-state index contributed by atoms with van der Waals surface area (Å²) in [6.45, 7) is 0.173. The zero-order valence-corrected chi connectivity index (χ0v) is 10.3. The zero-order chi connectivity index (χ0) is 14.7. The number of anilines is 2. The van der Waals surface area contributed by atoms with Crippen molar-refractivity contribution in [2.45, 2.75) is 6.54 Å². The lowest BCUT2D eigenvalue weighted by Gasteiger charge is -2.09. The van der Waals surface area contributed by atoms with Gasteiger partial charge in [-0.05, 0) is 11.6 Å². The van der Waals surface area contributed by atoms with E-state index in [0.717, 1.165) is 6.07 Å². The van der Waals surface area contributed by atoms with Crippen LogP contribution in [0, 0.1) is 21.7 Å². The van der Waals surface area contributed by atoms with Crippen molar-refractivity contribution in [2.24, 2.45) is 0 Å². The maximum atomic E-state index is 13.5. The van der Waals surface area contributed by atoms with E-state index < -0.39 is 22.2 Å². The summed E-state index contributed by atoms with van der Waals surface area (Å²) < 4.78 is 26.7. The molecule has 0 aliphatic carbocycles. The first kappa shape index (κ1) is 13.7. The summed E-state index contributed by atoms with van der Waals surface area (Å²) in [7, 11) is 0. The fourth-order valence-corrected chi connectivity index (χ4v) is 1.70. The number of nitrogens with one attached hydrogen (secondary N) is 1. The number of hydrogen-bond acceptors (Lipinski definition) is 4. The highest BCUT2D eigenvalue weighted by molar-refractivity contribution is 5.55. The van der Waals surface area contributed by atoms with Gasteiger partial charge in [0, 0.05) is 24.4 Å². The molecule has 2 aromatic carbocycles. The third kappa shape index (κ3) is 2.82. The minimum absolute atomic E-state index is 0.152. The lowest BCUT2D eigenvalue weighted by molar-refractivity contribution is -0.387. The Morgan fingerprint density at radius 2 is 1.90 bits per heavy atom. The Hall–Kier alpha value is -2.70. The molecule has 0 atom stereocenters. The van der Waals surface area contributed by atoms with Gasteiger partial charge in [-0.25, -0.2) is 4.39 Å². The smallest absolute Gasteiger partial charge is 0.307 e. The van der Waals surface area contributed by atoms with E-state index in [2.05, 4.69) is 5.32 Å². The molecule has 0 heterocycles. The van der Waals surface area contributed by atoms with E-state index in [4.69, 9.17) is 5.73 Å². The van der Waals surface area contributed by atoms with Crippen molar-refractivity contribution in [3.05, 3.63) is 63.7 Å². The summed E-state index contributed by atoms with van der Waals surface area (Å²) in [5, 5.41) is 13.3. The Labute approximate surface area is 113 Å². The number of para-hydroxylation sites is 1. The third-order valence-corrected chi connectivity index (χ3v) is 2.76. The summed E-state index contributed by atoms with van der Waals surface area (Å²) in [6, 6.07) is 8.23. The molecule has 0 bridgehead atoms. The van der Waals surface area contributed by atoms with Gasteiger partial charge in [-0.2, -0.15) is 4.39 Å². The molecule has 0 aromatic heterocycles. The van der Waals surface area contributed by atoms with Crippen LogP contribution >= 0.6 is 0 Å². The van der Waals surface area contributed by atoms with E-state index in [-0.39, 0.29) is 12.2 Å². The van der Waals surface area contributed by atoms with Gasteiger partial charge in [-0.15, -0.1) is 0 Å². The van der Waals surface area contributed by atoms with Crippen molar-refractivity contribution in [2.75, 3.05) is 11.1 Å². The van der Waals surface area contributed by atoms with Crippen LogP contribution < -0.4 is 11.1 Å². The van der Waals surface area contributed by atoms with E-state index in [1.54, 1.807) is 24.3 Å². The van der Waals surface area contributed by atoms with E-state index in [1.165, 1.54) is 0 Å². The Bertz CT molecular complexity index is 662. The SMILES string of the molecule is Nc1ccccc1CNc1cc([N+](=O)[O-])c(F)cc1F. The normalized spacial score (nSPS) is 10.3. The Balaban J connectivity index is 2.24. The quantitative estimate of drug-likeness (QED) is 0.512. The molecule has 0 aliphatic heterocycles. The molecule has 2 aromatic rings. The number of benzene rings is 2. The highest BCUT2D eigenvalue weighted by Crippen LogP contribution is 2.25. The number of rotatable bonds is 4. The summed E-state index contributed by atoms with van der Waals surface area (Å²) in [5.74, 6) is -2.11. The molecule has 2 rings (SSSR count). The Morgan fingerprint density at radius 1 is 1.20 bits per heavy atom. The predicted molar refractivity (Wildman–Crippen MR) is 71.2 cm³/mol. The van der Waals surface area contributed by atoms with E-state index in [9.17, 15) is 18.9 Å². The largest absolute Gasteiger partial charge is 0.398 e. The van der Waals surface area contributed by atoms with E-state index in [1.807, 2.05) is 0 Å². The molecule has 20 heavy (non-hydrogen) atoms. The van der Waals surface area contributed by atoms with Gasteiger partial charge in [0.15, 0.2) is 0 Å². The standard InChI is InChI=1S/C13H11F2N3O2/c14-9-5-10(15)13(18(19)20)6-12(9)17-7-8-3-1-2-4-11(8)16/h1-6,17H,7,16H2. The van der Waals surface area contributed by atoms with Gasteiger partial charge < -0.3 is 11.1 Å². The third-order valence-electron chi connectivity index (χ3n) is 2.76. The summed E-state index contributed by atoms with van der Waals surface area (Å²) in [6.07, 6.45) is 0. The number of hydrogen-bond donors (Lipinski definition) is 2. The second kappa shape index (κ2) is 5.52. The molecule has 0 spiro atoms. The van der Waals surface area contributed by atoms with Crippen molar-refractivity contribution < 1.29 is 13.7 Å². The minimum atomic E-state index is -1.21. The van der Waals surface area contributed by atoms with Crippen LogP contribution in [0.25, 0.3) is 0 Å². The van der Waals surface area contributed by atoms with E-state index in [0.29, 0.717) is 17.3 Å². The first-order valence-electron chi connectivity index (χ1n) is 5.69. The zero-order valence-electron chi connectivity index (χ0n) is 10.3. The van der Waals surface area contributed by atoms with Gasteiger partial charge in [0.2, 0.25) is 5.82 Å². The molecule has 0 fully saturated rings. The Morgan fingerprint density at radius 3 is 2.55 bits per heavy atom. The molecule has 0 radical (unpaired) electrons. The molecule has 104 valence electrons. The maximum absolute atomic E-state index is 13.5. The van der Waals surface area contributed by atoms with Gasteiger partial charge in [0.1, 0.15) is 5.82 Å². The van der Waals surface area contributed by atoms with Crippen LogP contribution in [0.4, 0.5) is 25.8 Å². The number of nitrogen functional groups attached to an aromatic ring is 1. The molecular formula is C13H11F2N3O2. The molecule has 7 heteroatoms.